The predicted molar refractivity (Wildman–Crippen MR) is 101 cm³/mol. The molecule has 0 N–H and O–H groups in total. The molecule has 0 aliphatic carbocycles. The van der Waals surface area contributed by atoms with E-state index in [0.29, 0.717) is 18.7 Å². The van der Waals surface area contributed by atoms with Crippen LogP contribution in [0.2, 0.25) is 0 Å². The van der Waals surface area contributed by atoms with Gasteiger partial charge in [-0.05, 0) is 38.5 Å². The summed E-state index contributed by atoms with van der Waals surface area (Å²) in [6.07, 6.45) is 3.00. The fourth-order valence-corrected chi connectivity index (χ4v) is 2.71. The molecule has 2 aromatic rings. The molecule has 0 bridgehead atoms. The Bertz CT molecular complexity index is 800. The third kappa shape index (κ3) is 5.17. The number of aromatic nitrogens is 1. The highest BCUT2D eigenvalue weighted by Crippen LogP contribution is 2.16. The molecule has 138 valence electrons. The summed E-state index contributed by atoms with van der Waals surface area (Å²) >= 11 is 0. The second kappa shape index (κ2) is 9.15. The van der Waals surface area contributed by atoms with Crippen molar-refractivity contribution in [3.63, 3.8) is 0 Å². The first kappa shape index (κ1) is 19.7. The maximum absolute atomic E-state index is 12.4. The molecule has 0 saturated carbocycles. The zero-order valence-electron chi connectivity index (χ0n) is 15.7. The largest absolute Gasteiger partial charge is 0.454 e. The summed E-state index contributed by atoms with van der Waals surface area (Å²) < 4.78 is 12.2. The number of rotatable bonds is 8. The summed E-state index contributed by atoms with van der Waals surface area (Å²) in [6.45, 7) is 6.80. The van der Waals surface area contributed by atoms with E-state index in [4.69, 9.17) is 9.47 Å². The van der Waals surface area contributed by atoms with Gasteiger partial charge in [0.05, 0.1) is 6.61 Å². The van der Waals surface area contributed by atoms with Crippen molar-refractivity contribution < 1.29 is 19.1 Å². The predicted octanol–water partition coefficient (Wildman–Crippen LogP) is 3.50. The lowest BCUT2D eigenvalue weighted by Crippen LogP contribution is -2.14. The van der Waals surface area contributed by atoms with Crippen LogP contribution in [0.5, 0.6) is 0 Å². The van der Waals surface area contributed by atoms with Crippen molar-refractivity contribution in [1.29, 1.82) is 0 Å². The third-order valence-electron chi connectivity index (χ3n) is 4.23. The van der Waals surface area contributed by atoms with Crippen LogP contribution < -0.4 is 0 Å². The van der Waals surface area contributed by atoms with E-state index in [2.05, 4.69) is 0 Å². The van der Waals surface area contributed by atoms with Gasteiger partial charge >= 0.3 is 5.97 Å². The minimum absolute atomic E-state index is 0.209. The van der Waals surface area contributed by atoms with Gasteiger partial charge in [-0.25, -0.2) is 4.79 Å². The zero-order chi connectivity index (χ0) is 19.1. The molecule has 0 aliphatic heterocycles. The number of ketones is 1. The number of esters is 1. The number of carbonyl (C=O) groups excluding carboxylic acids is 2. The lowest BCUT2D eigenvalue weighted by Gasteiger charge is -2.08. The Hall–Kier alpha value is -2.66. The number of aryl methyl sites for hydroxylation is 2. The minimum atomic E-state index is -0.535. The molecule has 1 aromatic heterocycles. The van der Waals surface area contributed by atoms with E-state index >= 15 is 0 Å². The summed E-state index contributed by atoms with van der Waals surface area (Å²) in [6, 6.07) is 9.59. The van der Waals surface area contributed by atoms with Crippen LogP contribution in [-0.4, -0.2) is 36.6 Å². The topological polar surface area (TPSA) is 57.5 Å². The molecule has 0 fully saturated rings. The van der Waals surface area contributed by atoms with Gasteiger partial charge in [-0.3, -0.25) is 4.79 Å². The fraction of sp³-hybridized carbons (Fsp3) is 0.333. The highest BCUT2D eigenvalue weighted by atomic mass is 16.5. The van der Waals surface area contributed by atoms with Crippen molar-refractivity contribution in [3.05, 3.63) is 64.5 Å². The summed E-state index contributed by atoms with van der Waals surface area (Å²) in [4.78, 5) is 24.2. The molecule has 1 heterocycles. The molecule has 0 amide bonds. The van der Waals surface area contributed by atoms with Crippen molar-refractivity contribution in [2.45, 2.75) is 27.3 Å². The number of Topliss-reactive ketones (excluding diaryl/α,β-unsaturated/α-hetero) is 1. The quantitative estimate of drug-likeness (QED) is 0.413. The third-order valence-corrected chi connectivity index (χ3v) is 4.23. The Labute approximate surface area is 154 Å². The number of nitrogens with zero attached hydrogens (tertiary/aromatic N) is 1. The summed E-state index contributed by atoms with van der Waals surface area (Å²) in [5.41, 5.74) is 4.47. The first-order chi connectivity index (χ1) is 12.4. The number of benzene rings is 1. The Balaban J connectivity index is 1.93. The van der Waals surface area contributed by atoms with Gasteiger partial charge in [0, 0.05) is 36.7 Å². The summed E-state index contributed by atoms with van der Waals surface area (Å²) in [5.74, 6) is -0.744. The molecule has 1 aromatic carbocycles. The van der Waals surface area contributed by atoms with Gasteiger partial charge in [0.1, 0.15) is 0 Å². The van der Waals surface area contributed by atoms with Crippen molar-refractivity contribution in [1.82, 2.24) is 4.57 Å². The van der Waals surface area contributed by atoms with Crippen LogP contribution in [0.25, 0.3) is 6.08 Å². The highest BCUT2D eigenvalue weighted by Gasteiger charge is 2.16. The van der Waals surface area contributed by atoms with Gasteiger partial charge in [-0.1, -0.05) is 29.8 Å². The van der Waals surface area contributed by atoms with Crippen molar-refractivity contribution in [2.75, 3.05) is 20.3 Å². The monoisotopic (exact) mass is 355 g/mol. The smallest absolute Gasteiger partial charge is 0.331 e. The minimum Gasteiger partial charge on any atom is -0.454 e. The van der Waals surface area contributed by atoms with Crippen molar-refractivity contribution >= 4 is 17.8 Å². The number of ether oxygens (including phenoxy) is 2. The van der Waals surface area contributed by atoms with Gasteiger partial charge in [0.2, 0.25) is 5.78 Å². The Kier molecular flexibility index (Phi) is 6.92. The van der Waals surface area contributed by atoms with Crippen LogP contribution in [0.3, 0.4) is 0 Å². The van der Waals surface area contributed by atoms with E-state index < -0.39 is 5.97 Å². The van der Waals surface area contributed by atoms with Crippen LogP contribution >= 0.6 is 0 Å². The first-order valence-corrected chi connectivity index (χ1v) is 8.52. The number of carbonyl (C=O) groups is 2. The lowest BCUT2D eigenvalue weighted by atomic mass is 10.1. The van der Waals surface area contributed by atoms with E-state index in [1.807, 2.05) is 55.7 Å². The standard InChI is InChI=1S/C21H25NO4/c1-15-5-7-18(8-6-15)9-10-21(24)26-14-20(23)19-13-16(2)22(17(19)3)11-12-25-4/h5-10,13H,11-12,14H2,1-4H3/b10-9+. The average Bonchev–Trinajstić information content (AvgIpc) is 2.91. The number of hydrogen-bond donors (Lipinski definition) is 0. The second-order valence-corrected chi connectivity index (χ2v) is 6.20. The summed E-state index contributed by atoms with van der Waals surface area (Å²) in [5, 5.41) is 0. The maximum atomic E-state index is 12.4. The van der Waals surface area contributed by atoms with E-state index in [-0.39, 0.29) is 12.4 Å². The zero-order valence-corrected chi connectivity index (χ0v) is 15.7. The first-order valence-electron chi connectivity index (χ1n) is 8.52. The summed E-state index contributed by atoms with van der Waals surface area (Å²) in [7, 11) is 1.64. The van der Waals surface area contributed by atoms with Crippen molar-refractivity contribution in [3.8, 4) is 0 Å². The van der Waals surface area contributed by atoms with Crippen molar-refractivity contribution in [2.24, 2.45) is 0 Å². The normalized spacial score (nSPS) is 11.1. The van der Waals surface area contributed by atoms with Crippen LogP contribution in [0.1, 0.15) is 32.9 Å². The number of methoxy groups -OCH3 is 1. The molecule has 5 nitrogen and oxygen atoms in total. The van der Waals surface area contributed by atoms with Crippen LogP contribution in [0.4, 0.5) is 0 Å². The van der Waals surface area contributed by atoms with Gasteiger partial charge < -0.3 is 14.0 Å². The Morgan fingerprint density at radius 2 is 1.81 bits per heavy atom. The molecule has 0 aliphatic rings. The van der Waals surface area contributed by atoms with Crippen LogP contribution in [-0.2, 0) is 20.8 Å². The molecular formula is C21H25NO4. The molecule has 0 unspecified atom stereocenters. The second-order valence-electron chi connectivity index (χ2n) is 6.20. The Morgan fingerprint density at radius 1 is 1.12 bits per heavy atom. The molecule has 0 radical (unpaired) electrons. The SMILES string of the molecule is COCCn1c(C)cc(C(=O)COC(=O)/C=C/c2ccc(C)cc2)c1C. The van der Waals surface area contributed by atoms with Gasteiger partial charge in [0.25, 0.3) is 0 Å². The maximum Gasteiger partial charge on any atom is 0.331 e. The van der Waals surface area contributed by atoms with Crippen LogP contribution in [0.15, 0.2) is 36.4 Å². The highest BCUT2D eigenvalue weighted by molar-refractivity contribution is 6.00. The van der Waals surface area contributed by atoms with Gasteiger partial charge in [-0.15, -0.1) is 0 Å². The lowest BCUT2D eigenvalue weighted by molar-refractivity contribution is -0.136. The van der Waals surface area contributed by atoms with Crippen LogP contribution in [0, 0.1) is 20.8 Å². The molecule has 0 saturated heterocycles. The molecule has 5 heteroatoms. The number of hydrogen-bond acceptors (Lipinski definition) is 4. The van der Waals surface area contributed by atoms with E-state index in [1.54, 1.807) is 13.2 Å². The molecule has 26 heavy (non-hydrogen) atoms. The van der Waals surface area contributed by atoms with Gasteiger partial charge in [-0.2, -0.15) is 0 Å². The van der Waals surface area contributed by atoms with Gasteiger partial charge in [0.15, 0.2) is 6.61 Å². The molecule has 0 atom stereocenters. The fourth-order valence-electron chi connectivity index (χ4n) is 2.71. The average molecular weight is 355 g/mol. The van der Waals surface area contributed by atoms with E-state index in [0.717, 1.165) is 22.5 Å². The van der Waals surface area contributed by atoms with E-state index in [9.17, 15) is 9.59 Å². The molecule has 0 spiro atoms. The molecule has 2 rings (SSSR count). The Morgan fingerprint density at radius 3 is 2.46 bits per heavy atom. The van der Waals surface area contributed by atoms with E-state index in [1.165, 1.54) is 6.08 Å². The molecular weight excluding hydrogens is 330 g/mol.